The molecular formula is C39H45F3N8O3. The molecule has 5 aliphatic rings. The van der Waals surface area contributed by atoms with Gasteiger partial charge in [-0.3, -0.25) is 9.89 Å². The van der Waals surface area contributed by atoms with Gasteiger partial charge in [0.25, 0.3) is 0 Å². The van der Waals surface area contributed by atoms with Crippen molar-refractivity contribution < 1.29 is 27.4 Å². The van der Waals surface area contributed by atoms with E-state index in [-0.39, 0.29) is 29.1 Å². The second-order valence-electron chi connectivity index (χ2n) is 16.0. The minimum Gasteiger partial charge on any atom is -0.481 e. The van der Waals surface area contributed by atoms with Gasteiger partial charge in [-0.05, 0) is 80.5 Å². The number of anilines is 2. The van der Waals surface area contributed by atoms with Crippen molar-refractivity contribution in [2.45, 2.75) is 50.8 Å². The molecule has 0 atom stereocenters. The van der Waals surface area contributed by atoms with Gasteiger partial charge in [-0.25, -0.2) is 4.98 Å². The number of aromatic amines is 1. The van der Waals surface area contributed by atoms with E-state index in [2.05, 4.69) is 44.6 Å². The largest absolute Gasteiger partial charge is 0.481 e. The Hall–Kier alpha value is -4.43. The Morgan fingerprint density at radius 2 is 1.81 bits per heavy atom. The summed E-state index contributed by atoms with van der Waals surface area (Å²) in [5, 5.41) is 8.86. The number of benzene rings is 2. The number of amides is 1. The molecule has 1 N–H and O–H groups in total. The van der Waals surface area contributed by atoms with Crippen molar-refractivity contribution in [3.63, 3.8) is 0 Å². The third-order valence-electron chi connectivity index (χ3n) is 11.9. The number of ether oxygens (including phenoxy) is 2. The van der Waals surface area contributed by atoms with Crippen LogP contribution in [0.5, 0.6) is 5.75 Å². The van der Waals surface area contributed by atoms with E-state index in [1.807, 2.05) is 24.0 Å². The molecule has 53 heavy (non-hydrogen) atoms. The van der Waals surface area contributed by atoms with Crippen molar-refractivity contribution in [3.8, 4) is 16.9 Å². The number of hydrogen-bond acceptors (Lipinski definition) is 9. The van der Waals surface area contributed by atoms with Crippen LogP contribution in [0.15, 0.2) is 37.1 Å². The minimum atomic E-state index is -4.56. The lowest BCUT2D eigenvalue weighted by atomic mass is 9.72. The van der Waals surface area contributed by atoms with Crippen LogP contribution in [0.4, 0.5) is 24.9 Å². The molecule has 4 aromatic rings. The van der Waals surface area contributed by atoms with Crippen molar-refractivity contribution in [2.75, 3.05) is 82.4 Å². The molecule has 1 spiro atoms. The van der Waals surface area contributed by atoms with Gasteiger partial charge in [-0.15, -0.1) is 0 Å². The summed E-state index contributed by atoms with van der Waals surface area (Å²) in [5.41, 5.74) is 4.58. The van der Waals surface area contributed by atoms with Crippen LogP contribution >= 0.6 is 0 Å². The number of nitrogens with one attached hydrogen (secondary N) is 1. The first-order valence-electron chi connectivity index (χ1n) is 18.7. The zero-order chi connectivity index (χ0) is 36.6. The monoisotopic (exact) mass is 730 g/mol. The topological polar surface area (TPSA) is 103 Å². The van der Waals surface area contributed by atoms with Gasteiger partial charge in [0, 0.05) is 80.0 Å². The van der Waals surface area contributed by atoms with Crippen LogP contribution in [0.25, 0.3) is 32.9 Å². The minimum absolute atomic E-state index is 0.0427. The summed E-state index contributed by atoms with van der Waals surface area (Å²) in [5.74, 6) is 1.80. The van der Waals surface area contributed by atoms with Crippen LogP contribution in [-0.2, 0) is 9.53 Å². The van der Waals surface area contributed by atoms with Crippen molar-refractivity contribution in [2.24, 2.45) is 11.3 Å². The Morgan fingerprint density at radius 1 is 1.06 bits per heavy atom. The third-order valence-corrected chi connectivity index (χ3v) is 11.9. The second kappa shape index (κ2) is 12.9. The highest BCUT2D eigenvalue weighted by molar-refractivity contribution is 6.06. The molecule has 6 heterocycles. The standard InChI is InChI=1S/C39H45F3N8O3/c1-4-31(51)50-20-38(21-50)9-11-48(12-10-38)36-28-13-27(25-6-7-25)33(32-23(2)5-8-30-29(32)14-43-46-30)35(53-22-39(40,41)42)34(28)44-37(45-36)49-15-24(16-49)19-52-26-17-47(3)18-26/h4-5,8,13-14,24-26H,1,6-7,9-12,15-22H2,2-3H3,(H,43,46). The van der Waals surface area contributed by atoms with Gasteiger partial charge in [-0.2, -0.15) is 23.3 Å². The maximum absolute atomic E-state index is 14.1. The number of hydrogen-bond donors (Lipinski definition) is 1. The molecule has 1 aliphatic carbocycles. The van der Waals surface area contributed by atoms with Crippen LogP contribution < -0.4 is 14.5 Å². The summed E-state index contributed by atoms with van der Waals surface area (Å²) in [6.45, 7) is 10.9. The van der Waals surface area contributed by atoms with Crippen molar-refractivity contribution in [3.05, 3.63) is 48.2 Å². The van der Waals surface area contributed by atoms with Crippen LogP contribution in [0.1, 0.15) is 42.7 Å². The average molecular weight is 731 g/mol. The van der Waals surface area contributed by atoms with Crippen LogP contribution in [-0.4, -0.2) is 121 Å². The van der Waals surface area contributed by atoms with E-state index in [1.54, 1.807) is 6.20 Å². The quantitative estimate of drug-likeness (QED) is 0.207. The number of fused-ring (bicyclic) bond motifs is 2. The first-order chi connectivity index (χ1) is 25.5. The van der Waals surface area contributed by atoms with Gasteiger partial charge in [0.05, 0.1) is 24.4 Å². The molecule has 11 nitrogen and oxygen atoms in total. The van der Waals surface area contributed by atoms with E-state index in [0.29, 0.717) is 74.2 Å². The zero-order valence-electron chi connectivity index (χ0n) is 30.2. The third kappa shape index (κ3) is 6.37. The van der Waals surface area contributed by atoms with Crippen LogP contribution in [0, 0.1) is 18.3 Å². The van der Waals surface area contributed by atoms with E-state index < -0.39 is 12.8 Å². The Kier molecular flexibility index (Phi) is 8.33. The Morgan fingerprint density at radius 3 is 2.49 bits per heavy atom. The highest BCUT2D eigenvalue weighted by Gasteiger charge is 2.47. The van der Waals surface area contributed by atoms with Gasteiger partial charge in [0.2, 0.25) is 11.9 Å². The maximum Gasteiger partial charge on any atom is 0.422 e. The number of likely N-dealkylation sites (N-methyl/N-ethyl adjacent to an activating group) is 1. The number of nitrogens with zero attached hydrogens (tertiary/aromatic N) is 7. The Bertz CT molecular complexity index is 2070. The zero-order valence-corrected chi connectivity index (χ0v) is 30.2. The van der Waals surface area contributed by atoms with Gasteiger partial charge in [-0.1, -0.05) is 12.6 Å². The predicted octanol–water partition coefficient (Wildman–Crippen LogP) is 5.68. The molecule has 0 unspecified atom stereocenters. The number of halogens is 3. The van der Waals surface area contributed by atoms with Gasteiger partial charge in [0.15, 0.2) is 12.4 Å². The fourth-order valence-electron chi connectivity index (χ4n) is 8.75. The molecule has 4 saturated heterocycles. The second-order valence-corrected chi connectivity index (χ2v) is 16.0. The molecule has 5 fully saturated rings. The molecule has 280 valence electrons. The summed E-state index contributed by atoms with van der Waals surface area (Å²) < 4.78 is 54.3. The molecule has 14 heteroatoms. The summed E-state index contributed by atoms with van der Waals surface area (Å²) in [7, 11) is 2.08. The molecule has 2 aromatic carbocycles. The lowest BCUT2D eigenvalue weighted by Gasteiger charge is -2.54. The normalized spacial score (nSPS) is 20.9. The average Bonchev–Trinajstić information content (AvgIpc) is 3.83. The summed E-state index contributed by atoms with van der Waals surface area (Å²) in [4.78, 5) is 31.0. The number of rotatable bonds is 10. The Balaban J connectivity index is 1.15. The molecule has 0 bridgehead atoms. The number of carbonyl (C=O) groups is 1. The predicted molar refractivity (Wildman–Crippen MR) is 196 cm³/mol. The number of carbonyl (C=O) groups excluding carboxylic acids is 1. The SMILES string of the molecule is C=CC(=O)N1CC2(CCN(c3nc(N4CC(COC5CN(C)C5)C4)nc4c(OCC(F)(F)F)c(-c5c(C)ccc6[nH]ncc56)c(C5CC5)cc34)CC2)C1. The molecule has 0 radical (unpaired) electrons. The number of piperidine rings is 1. The number of alkyl halides is 3. The molecule has 1 saturated carbocycles. The van der Waals surface area contributed by atoms with E-state index >= 15 is 0 Å². The fraction of sp³-hybridized carbons (Fsp3) is 0.538. The number of H-pyrrole nitrogens is 1. The lowest BCUT2D eigenvalue weighted by molar-refractivity contribution is -0.153. The number of aromatic nitrogens is 4. The van der Waals surface area contributed by atoms with Gasteiger partial charge >= 0.3 is 6.18 Å². The van der Waals surface area contributed by atoms with Gasteiger partial charge < -0.3 is 29.1 Å². The molecular weight excluding hydrogens is 685 g/mol. The van der Waals surface area contributed by atoms with E-state index in [0.717, 1.165) is 72.2 Å². The number of aryl methyl sites for hydroxylation is 1. The summed E-state index contributed by atoms with van der Waals surface area (Å²) >= 11 is 0. The van der Waals surface area contributed by atoms with E-state index in [4.69, 9.17) is 19.4 Å². The maximum atomic E-state index is 14.1. The number of likely N-dealkylation sites (tertiary alicyclic amines) is 2. The molecule has 2 aromatic heterocycles. The highest BCUT2D eigenvalue weighted by Crippen LogP contribution is 2.53. The molecule has 1 amide bonds. The van der Waals surface area contributed by atoms with Crippen LogP contribution in [0.3, 0.4) is 0 Å². The van der Waals surface area contributed by atoms with E-state index in [9.17, 15) is 18.0 Å². The lowest BCUT2D eigenvalue weighted by Crippen LogP contribution is -2.61. The van der Waals surface area contributed by atoms with Gasteiger partial charge in [0.1, 0.15) is 11.3 Å². The molecule has 9 rings (SSSR count). The highest BCUT2D eigenvalue weighted by atomic mass is 19.4. The summed E-state index contributed by atoms with van der Waals surface area (Å²) in [6.07, 6.45) is 2.43. The van der Waals surface area contributed by atoms with Crippen molar-refractivity contribution in [1.82, 2.24) is 30.0 Å². The van der Waals surface area contributed by atoms with Crippen LogP contribution in [0.2, 0.25) is 0 Å². The Labute approximate surface area is 306 Å². The smallest absolute Gasteiger partial charge is 0.422 e. The fourth-order valence-corrected chi connectivity index (χ4v) is 8.75. The first-order valence-corrected chi connectivity index (χ1v) is 18.7. The first kappa shape index (κ1) is 34.3. The van der Waals surface area contributed by atoms with E-state index in [1.165, 1.54) is 6.08 Å². The molecule has 4 aliphatic heterocycles. The summed E-state index contributed by atoms with van der Waals surface area (Å²) in [6, 6.07) is 6.04. The van der Waals surface area contributed by atoms with Crippen molar-refractivity contribution in [1.29, 1.82) is 0 Å². The van der Waals surface area contributed by atoms with Crippen molar-refractivity contribution >= 4 is 39.5 Å².